The molecule has 12 heteroatoms. The minimum absolute atomic E-state index is 0.000393. The van der Waals surface area contributed by atoms with Crippen LogP contribution in [0.3, 0.4) is 0 Å². The Bertz CT molecular complexity index is 1370. The summed E-state index contributed by atoms with van der Waals surface area (Å²) in [4.78, 5) is 13.3. The van der Waals surface area contributed by atoms with Gasteiger partial charge in [0.05, 0.1) is 23.2 Å². The van der Waals surface area contributed by atoms with Crippen molar-refractivity contribution in [2.24, 2.45) is 11.8 Å². The van der Waals surface area contributed by atoms with Crippen LogP contribution in [0.5, 0.6) is 11.5 Å². The van der Waals surface area contributed by atoms with Crippen molar-refractivity contribution in [1.29, 1.82) is 0 Å². The van der Waals surface area contributed by atoms with Gasteiger partial charge in [0.25, 0.3) is 0 Å². The van der Waals surface area contributed by atoms with E-state index < -0.39 is 22.2 Å². The number of rotatable bonds is 15. The number of fused-ring (bicyclic) bond motifs is 1. The molecule has 1 aliphatic rings. The zero-order valence-corrected chi connectivity index (χ0v) is 25.2. The van der Waals surface area contributed by atoms with Crippen molar-refractivity contribution in [2.75, 3.05) is 25.6 Å². The molecule has 0 radical (unpaired) electrons. The second kappa shape index (κ2) is 14.2. The maximum Gasteiger partial charge on any atom is 0.243 e. The van der Waals surface area contributed by atoms with Crippen molar-refractivity contribution in [3.63, 3.8) is 0 Å². The minimum Gasteiger partial charge on any atom is -0.454 e. The number of aromatic amines is 1. The molecule has 0 fully saturated rings. The van der Waals surface area contributed by atoms with Gasteiger partial charge < -0.3 is 19.9 Å². The van der Waals surface area contributed by atoms with Gasteiger partial charge in [-0.3, -0.25) is 9.89 Å². The third-order valence-corrected chi connectivity index (χ3v) is 9.77. The van der Waals surface area contributed by atoms with Gasteiger partial charge in [0.2, 0.25) is 22.7 Å². The molecule has 222 valence electrons. The van der Waals surface area contributed by atoms with Crippen LogP contribution >= 0.6 is 11.8 Å². The number of thioether (sulfide) groups is 1. The third-order valence-electron chi connectivity index (χ3n) is 6.67. The van der Waals surface area contributed by atoms with E-state index in [1.165, 1.54) is 16.4 Å². The van der Waals surface area contributed by atoms with E-state index in [0.29, 0.717) is 23.7 Å². The first-order chi connectivity index (χ1) is 19.6. The number of H-pyrrole nitrogens is 1. The molecule has 2 heterocycles. The Morgan fingerprint density at radius 3 is 2.56 bits per heavy atom. The molecule has 0 saturated heterocycles. The topological polar surface area (TPSA) is 134 Å². The minimum atomic E-state index is -3.98. The SMILES string of the molecule is CC(C)CN(C[C@@H](O)C(Cc1ccccc1)NC(=O)[C@H](C)CSCc1cn[nH]c1)S(=O)(=O)c1ccc2c(c1)OCO2. The lowest BCUT2D eigenvalue weighted by molar-refractivity contribution is -0.125. The summed E-state index contributed by atoms with van der Waals surface area (Å²) in [5.74, 6) is 1.66. The lowest BCUT2D eigenvalue weighted by Gasteiger charge is -2.31. The monoisotopic (exact) mass is 602 g/mol. The molecule has 4 rings (SSSR count). The van der Waals surface area contributed by atoms with Gasteiger partial charge in [-0.15, -0.1) is 0 Å². The van der Waals surface area contributed by atoms with Crippen LogP contribution < -0.4 is 14.8 Å². The molecule has 1 amide bonds. The summed E-state index contributed by atoms with van der Waals surface area (Å²) in [6.07, 6.45) is 2.77. The van der Waals surface area contributed by atoms with Crippen LogP contribution in [0.1, 0.15) is 31.9 Å². The molecule has 0 aliphatic carbocycles. The van der Waals surface area contributed by atoms with Crippen LogP contribution in [0.2, 0.25) is 0 Å². The third kappa shape index (κ3) is 8.48. The van der Waals surface area contributed by atoms with E-state index in [1.807, 2.05) is 57.3 Å². The molecule has 0 bridgehead atoms. The van der Waals surface area contributed by atoms with Crippen LogP contribution in [-0.4, -0.2) is 71.7 Å². The Labute approximate surface area is 245 Å². The summed E-state index contributed by atoms with van der Waals surface area (Å²) < 4.78 is 39.5. The Morgan fingerprint density at radius 1 is 1.10 bits per heavy atom. The molecule has 0 saturated carbocycles. The van der Waals surface area contributed by atoms with Gasteiger partial charge in [-0.05, 0) is 35.6 Å². The first-order valence-electron chi connectivity index (χ1n) is 13.6. The molecule has 41 heavy (non-hydrogen) atoms. The van der Waals surface area contributed by atoms with Gasteiger partial charge in [0.1, 0.15) is 0 Å². The fourth-order valence-corrected chi connectivity index (χ4v) is 7.12. The van der Waals surface area contributed by atoms with Crippen molar-refractivity contribution in [3.05, 3.63) is 72.1 Å². The number of aliphatic hydroxyl groups is 1. The molecule has 1 aliphatic heterocycles. The highest BCUT2D eigenvalue weighted by Gasteiger charge is 2.33. The van der Waals surface area contributed by atoms with Gasteiger partial charge in [-0.25, -0.2) is 8.42 Å². The summed E-state index contributed by atoms with van der Waals surface area (Å²) in [5, 5.41) is 21.2. The Balaban J connectivity index is 1.49. The normalized spacial score (nSPS) is 15.2. The summed E-state index contributed by atoms with van der Waals surface area (Å²) in [7, 11) is -3.98. The van der Waals surface area contributed by atoms with Gasteiger partial charge in [-0.1, -0.05) is 51.1 Å². The number of sulfonamides is 1. The highest BCUT2D eigenvalue weighted by atomic mass is 32.2. The van der Waals surface area contributed by atoms with Crippen molar-refractivity contribution >= 4 is 27.7 Å². The molecule has 0 spiro atoms. The summed E-state index contributed by atoms with van der Waals surface area (Å²) in [6.45, 7) is 5.73. The number of nitrogens with zero attached hydrogens (tertiary/aromatic N) is 2. The first-order valence-corrected chi connectivity index (χ1v) is 16.2. The number of aliphatic hydroxyl groups excluding tert-OH is 1. The van der Waals surface area contributed by atoms with Gasteiger partial charge in [-0.2, -0.15) is 21.2 Å². The van der Waals surface area contributed by atoms with E-state index >= 15 is 0 Å². The van der Waals surface area contributed by atoms with Crippen molar-refractivity contribution in [3.8, 4) is 11.5 Å². The predicted octanol–water partition coefficient (Wildman–Crippen LogP) is 3.44. The van der Waals surface area contributed by atoms with E-state index in [4.69, 9.17) is 9.47 Å². The van der Waals surface area contributed by atoms with Gasteiger partial charge in [0, 0.05) is 42.8 Å². The van der Waals surface area contributed by atoms with E-state index in [-0.39, 0.29) is 42.5 Å². The zero-order valence-electron chi connectivity index (χ0n) is 23.5. The average molecular weight is 603 g/mol. The number of hydrogen-bond acceptors (Lipinski definition) is 8. The van der Waals surface area contributed by atoms with E-state index in [1.54, 1.807) is 24.0 Å². The maximum absolute atomic E-state index is 13.8. The number of amides is 1. The summed E-state index contributed by atoms with van der Waals surface area (Å²) >= 11 is 1.62. The molecule has 3 aromatic rings. The smallest absolute Gasteiger partial charge is 0.243 e. The molecule has 3 atom stereocenters. The lowest BCUT2D eigenvalue weighted by Crippen LogP contribution is -2.52. The zero-order chi connectivity index (χ0) is 29.4. The molecule has 3 N–H and O–H groups in total. The van der Waals surface area contributed by atoms with Crippen molar-refractivity contribution in [2.45, 2.75) is 50.0 Å². The lowest BCUT2D eigenvalue weighted by atomic mass is 10.00. The standard InChI is InChI=1S/C29H38N4O6S2/c1-20(2)15-33(41(36,37)24-9-10-27-28(12-24)39-19-38-27)16-26(34)25(11-22-7-5-4-6-8-22)32-29(35)21(3)17-40-18-23-13-30-31-14-23/h4-10,12-14,20-21,25-26,34H,11,15-19H2,1-3H3,(H,30,31)(H,32,35)/t21-,25?,26-/m1/s1. The molecular weight excluding hydrogens is 564 g/mol. The Kier molecular flexibility index (Phi) is 10.7. The fraction of sp³-hybridized carbons (Fsp3) is 0.448. The second-order valence-electron chi connectivity index (χ2n) is 10.6. The fourth-order valence-electron chi connectivity index (χ4n) is 4.46. The number of aromatic nitrogens is 2. The second-order valence-corrected chi connectivity index (χ2v) is 13.6. The van der Waals surface area contributed by atoms with Crippen molar-refractivity contribution in [1.82, 2.24) is 19.8 Å². The first kappa shape index (κ1) is 30.9. The van der Waals surface area contributed by atoms with E-state index in [2.05, 4.69) is 15.5 Å². The van der Waals surface area contributed by atoms with Crippen LogP contribution in [0.4, 0.5) is 0 Å². The maximum atomic E-state index is 13.8. The Hall–Kier alpha value is -3.06. The van der Waals surface area contributed by atoms with Crippen LogP contribution in [0.15, 0.2) is 65.8 Å². The molecular formula is C29H38N4O6S2. The predicted molar refractivity (Wildman–Crippen MR) is 158 cm³/mol. The van der Waals surface area contributed by atoms with Crippen molar-refractivity contribution < 1.29 is 27.8 Å². The number of carbonyl (C=O) groups is 1. The highest BCUT2D eigenvalue weighted by molar-refractivity contribution is 7.98. The van der Waals surface area contributed by atoms with Crippen LogP contribution in [-0.2, 0) is 27.0 Å². The Morgan fingerprint density at radius 2 is 1.85 bits per heavy atom. The highest BCUT2D eigenvalue weighted by Crippen LogP contribution is 2.35. The van der Waals surface area contributed by atoms with E-state index in [9.17, 15) is 18.3 Å². The molecule has 1 unspecified atom stereocenters. The quantitative estimate of drug-likeness (QED) is 0.241. The number of carbonyl (C=O) groups excluding carboxylic acids is 1. The van der Waals surface area contributed by atoms with E-state index in [0.717, 1.165) is 16.9 Å². The molecule has 10 nitrogen and oxygen atoms in total. The van der Waals surface area contributed by atoms with Crippen LogP contribution in [0.25, 0.3) is 0 Å². The summed E-state index contributed by atoms with van der Waals surface area (Å²) in [6, 6.07) is 13.3. The average Bonchev–Trinajstić information content (AvgIpc) is 3.64. The van der Waals surface area contributed by atoms with Gasteiger partial charge in [0.15, 0.2) is 11.5 Å². The van der Waals surface area contributed by atoms with Gasteiger partial charge >= 0.3 is 0 Å². The molecule has 2 aromatic carbocycles. The number of benzene rings is 2. The number of hydrogen-bond donors (Lipinski definition) is 3. The number of nitrogens with one attached hydrogen (secondary N) is 2. The number of ether oxygens (including phenoxy) is 2. The summed E-state index contributed by atoms with van der Waals surface area (Å²) in [5.41, 5.74) is 1.97. The van der Waals surface area contributed by atoms with Crippen LogP contribution in [0, 0.1) is 11.8 Å². The molecule has 1 aromatic heterocycles. The largest absolute Gasteiger partial charge is 0.454 e.